The van der Waals surface area contributed by atoms with E-state index in [9.17, 15) is 35.2 Å². The second-order valence-corrected chi connectivity index (χ2v) is 10.4. The Balaban J connectivity index is 1.52. The number of amides is 1. The molecule has 0 unspecified atom stereocenters. The van der Waals surface area contributed by atoms with Crippen molar-refractivity contribution in [2.45, 2.75) is 25.4 Å². The zero-order valence-electron chi connectivity index (χ0n) is 20.3. The first-order chi connectivity index (χ1) is 18.3. The number of aryl methyl sites for hydroxylation is 1. The van der Waals surface area contributed by atoms with Gasteiger partial charge in [-0.25, -0.2) is 18.1 Å². The van der Waals surface area contributed by atoms with Gasteiger partial charge in [-0.2, -0.15) is 21.6 Å². The van der Waals surface area contributed by atoms with E-state index in [4.69, 9.17) is 16.3 Å². The minimum absolute atomic E-state index is 0.0441. The third-order valence-corrected chi connectivity index (χ3v) is 7.51. The molecule has 4 rings (SSSR count). The van der Waals surface area contributed by atoms with Crippen LogP contribution in [-0.4, -0.2) is 59.7 Å². The fraction of sp³-hybridized carbons (Fsp3) is 0.318. The summed E-state index contributed by atoms with van der Waals surface area (Å²) in [4.78, 5) is 17.2. The van der Waals surface area contributed by atoms with Gasteiger partial charge >= 0.3 is 21.6 Å². The van der Waals surface area contributed by atoms with Crippen LogP contribution in [0.25, 0.3) is 5.65 Å². The summed E-state index contributed by atoms with van der Waals surface area (Å²) in [5, 5.41) is 7.11. The summed E-state index contributed by atoms with van der Waals surface area (Å²) in [6.45, 7) is 0.553. The summed E-state index contributed by atoms with van der Waals surface area (Å²) in [6.07, 6.45) is 1.60. The number of nitrogens with one attached hydrogen (secondary N) is 1. The van der Waals surface area contributed by atoms with Crippen LogP contribution in [0.15, 0.2) is 35.6 Å². The van der Waals surface area contributed by atoms with E-state index in [-0.39, 0.29) is 32.9 Å². The number of hydrogen-bond donors (Lipinski definition) is 1. The van der Waals surface area contributed by atoms with Gasteiger partial charge in [-0.05, 0) is 24.1 Å². The Morgan fingerprint density at radius 3 is 2.51 bits per heavy atom. The Kier molecular flexibility index (Phi) is 7.62. The van der Waals surface area contributed by atoms with Crippen molar-refractivity contribution in [3.05, 3.63) is 64.1 Å². The van der Waals surface area contributed by atoms with E-state index >= 15 is 0 Å². The van der Waals surface area contributed by atoms with Gasteiger partial charge < -0.3 is 10.1 Å². The number of hydrogen-bond acceptors (Lipinski definition) is 7. The lowest BCUT2D eigenvalue weighted by atomic mass is 10.1. The summed E-state index contributed by atoms with van der Waals surface area (Å²) >= 11 is 5.85. The van der Waals surface area contributed by atoms with Crippen LogP contribution in [-0.2, 0) is 27.7 Å². The number of halogens is 6. The van der Waals surface area contributed by atoms with E-state index in [1.165, 1.54) is 22.7 Å². The molecule has 17 heteroatoms. The SMILES string of the molecule is CCc1nc2cc(F)c(Cl)cn2c1C(=O)NCc1ccc(N2CCN(S(=O)(=O)C(F)(F)F)C(OC)=N2)c(F)c1. The lowest BCUT2D eigenvalue weighted by Crippen LogP contribution is -2.51. The highest BCUT2D eigenvalue weighted by Crippen LogP contribution is 2.30. The number of nitrogens with zero attached hydrogens (tertiary/aromatic N) is 5. The summed E-state index contributed by atoms with van der Waals surface area (Å²) < 4.78 is 97.2. The largest absolute Gasteiger partial charge is 0.516 e. The fourth-order valence-electron chi connectivity index (χ4n) is 3.86. The molecular formula is C22H20ClF5N6O4S. The molecule has 1 aromatic carbocycles. The highest BCUT2D eigenvalue weighted by molar-refractivity contribution is 7.90. The van der Waals surface area contributed by atoms with E-state index in [0.29, 0.717) is 17.7 Å². The normalized spacial score (nSPS) is 14.5. The van der Waals surface area contributed by atoms with Gasteiger partial charge in [0.15, 0.2) is 0 Å². The number of anilines is 1. The monoisotopic (exact) mass is 594 g/mol. The number of carbonyl (C=O) groups is 1. The first-order valence-corrected chi connectivity index (χ1v) is 13.0. The predicted molar refractivity (Wildman–Crippen MR) is 131 cm³/mol. The number of amidine groups is 1. The van der Waals surface area contributed by atoms with Gasteiger partial charge in [0.05, 0.1) is 36.6 Å². The molecule has 0 bridgehead atoms. The van der Waals surface area contributed by atoms with Gasteiger partial charge in [-0.15, -0.1) is 5.10 Å². The van der Waals surface area contributed by atoms with E-state index < -0.39 is 52.2 Å². The second kappa shape index (κ2) is 10.5. The van der Waals surface area contributed by atoms with Crippen LogP contribution in [0.2, 0.25) is 5.02 Å². The molecule has 1 aliphatic rings. The molecule has 0 spiro atoms. The molecule has 0 atom stereocenters. The highest BCUT2D eigenvalue weighted by Gasteiger charge is 2.52. The zero-order chi connectivity index (χ0) is 28.7. The highest BCUT2D eigenvalue weighted by atomic mass is 35.5. The summed E-state index contributed by atoms with van der Waals surface area (Å²) in [5.41, 5.74) is -4.68. The van der Waals surface area contributed by atoms with Crippen molar-refractivity contribution in [3.8, 4) is 0 Å². The van der Waals surface area contributed by atoms with Gasteiger partial charge in [0.25, 0.3) is 5.91 Å². The summed E-state index contributed by atoms with van der Waals surface area (Å²) in [5.74, 6) is -2.09. The van der Waals surface area contributed by atoms with Crippen molar-refractivity contribution in [1.82, 2.24) is 19.0 Å². The minimum atomic E-state index is -5.76. The van der Waals surface area contributed by atoms with Crippen LogP contribution in [0.1, 0.15) is 28.7 Å². The van der Waals surface area contributed by atoms with Crippen LogP contribution in [0.4, 0.5) is 27.6 Å². The van der Waals surface area contributed by atoms with Crippen LogP contribution in [0.5, 0.6) is 0 Å². The topological polar surface area (TPSA) is 109 Å². The maximum absolute atomic E-state index is 15.0. The summed E-state index contributed by atoms with van der Waals surface area (Å²) in [7, 11) is -4.82. The Morgan fingerprint density at radius 1 is 1.18 bits per heavy atom. The van der Waals surface area contributed by atoms with Gasteiger partial charge in [0.1, 0.15) is 23.0 Å². The molecule has 1 aliphatic heterocycles. The van der Waals surface area contributed by atoms with Gasteiger partial charge in [-0.3, -0.25) is 14.2 Å². The molecule has 2 aromatic heterocycles. The number of rotatable bonds is 6. The number of methoxy groups -OCH3 is 1. The van der Waals surface area contributed by atoms with Crippen molar-refractivity contribution < 1.29 is 39.9 Å². The third-order valence-electron chi connectivity index (χ3n) is 5.73. The van der Waals surface area contributed by atoms with E-state index in [0.717, 1.165) is 24.3 Å². The number of alkyl halides is 3. The molecule has 0 radical (unpaired) electrons. The van der Waals surface area contributed by atoms with Crippen LogP contribution in [0.3, 0.4) is 0 Å². The molecular weight excluding hydrogens is 575 g/mol. The molecule has 3 aromatic rings. The lowest BCUT2D eigenvalue weighted by molar-refractivity contribution is -0.0477. The number of sulfonamides is 1. The van der Waals surface area contributed by atoms with Crippen LogP contribution in [0, 0.1) is 11.6 Å². The molecule has 0 aliphatic carbocycles. The second-order valence-electron chi connectivity index (χ2n) is 8.16. The number of pyridine rings is 1. The molecule has 210 valence electrons. The van der Waals surface area contributed by atoms with Crippen molar-refractivity contribution in [2.24, 2.45) is 5.10 Å². The van der Waals surface area contributed by atoms with Gasteiger partial charge in [0, 0.05) is 18.8 Å². The lowest BCUT2D eigenvalue weighted by Gasteiger charge is -2.32. The van der Waals surface area contributed by atoms with E-state index in [2.05, 4.69) is 15.4 Å². The number of hydrazone groups is 1. The van der Waals surface area contributed by atoms with E-state index in [1.54, 1.807) is 6.92 Å². The number of benzene rings is 1. The maximum Gasteiger partial charge on any atom is 0.516 e. The Morgan fingerprint density at radius 2 is 1.90 bits per heavy atom. The van der Waals surface area contributed by atoms with Crippen molar-refractivity contribution in [2.75, 3.05) is 25.2 Å². The molecule has 3 heterocycles. The smallest absolute Gasteiger partial charge is 0.467 e. The van der Waals surface area contributed by atoms with Crippen molar-refractivity contribution >= 4 is 44.9 Å². The first-order valence-electron chi connectivity index (χ1n) is 11.2. The molecule has 39 heavy (non-hydrogen) atoms. The number of fused-ring (bicyclic) bond motifs is 1. The van der Waals surface area contributed by atoms with Crippen LogP contribution < -0.4 is 10.3 Å². The number of ether oxygens (including phenoxy) is 1. The molecule has 1 N–H and O–H groups in total. The predicted octanol–water partition coefficient (Wildman–Crippen LogP) is 3.65. The number of imidazole rings is 1. The molecule has 0 saturated heterocycles. The summed E-state index contributed by atoms with van der Waals surface area (Å²) in [6, 6.07) is 4.02. The average Bonchev–Trinajstić information content (AvgIpc) is 3.23. The third kappa shape index (κ3) is 5.30. The standard InChI is InChI=1S/C22H20ClF5N6O4S/c1-3-16-19(32-11-13(23)14(24)9-18(32)30-16)20(35)29-10-12-4-5-17(15(25)8-12)33-6-7-34(21(31-33)38-2)39(36,37)22(26,27)28/h4-5,8-9,11H,3,6-7,10H2,1-2H3,(H,29,35). The van der Waals surface area contributed by atoms with Gasteiger partial charge in [-0.1, -0.05) is 24.6 Å². The van der Waals surface area contributed by atoms with Crippen molar-refractivity contribution in [1.29, 1.82) is 0 Å². The van der Waals surface area contributed by atoms with Crippen molar-refractivity contribution in [3.63, 3.8) is 0 Å². The Hall–Kier alpha value is -3.66. The van der Waals surface area contributed by atoms with Gasteiger partial charge in [0.2, 0.25) is 0 Å². The fourth-order valence-corrected chi connectivity index (χ4v) is 4.90. The van der Waals surface area contributed by atoms with E-state index in [1.807, 2.05) is 0 Å². The first kappa shape index (κ1) is 28.4. The number of carbonyl (C=O) groups excluding carboxylic acids is 1. The molecule has 0 saturated carbocycles. The molecule has 0 fully saturated rings. The minimum Gasteiger partial charge on any atom is -0.467 e. The van der Waals surface area contributed by atoms with Crippen LogP contribution >= 0.6 is 11.6 Å². The average molecular weight is 595 g/mol. The molecule has 10 nitrogen and oxygen atoms in total. The molecule has 1 amide bonds. The quantitative estimate of drug-likeness (QED) is 0.437. The Labute approximate surface area is 223 Å². The number of aromatic nitrogens is 2. The maximum atomic E-state index is 15.0. The zero-order valence-corrected chi connectivity index (χ0v) is 21.8. The Bertz CT molecular complexity index is 1580.